The second-order valence-corrected chi connectivity index (χ2v) is 5.33. The zero-order chi connectivity index (χ0) is 13.8. The topological polar surface area (TPSA) is 57.9 Å². The molecule has 0 bridgehead atoms. The van der Waals surface area contributed by atoms with Gasteiger partial charge in [0.1, 0.15) is 11.8 Å². The van der Waals surface area contributed by atoms with Crippen LogP contribution in [0.2, 0.25) is 0 Å². The van der Waals surface area contributed by atoms with E-state index in [9.17, 15) is 0 Å². The fourth-order valence-corrected chi connectivity index (χ4v) is 2.77. The van der Waals surface area contributed by atoms with E-state index in [1.165, 1.54) is 0 Å². The average molecular weight is 383 g/mol. The summed E-state index contributed by atoms with van der Waals surface area (Å²) in [6.45, 7) is 0. The van der Waals surface area contributed by atoms with Crippen LogP contribution in [0.1, 0.15) is 5.56 Å². The zero-order valence-corrected chi connectivity index (χ0v) is 13.1. The maximum absolute atomic E-state index is 9.05. The molecule has 2 rings (SSSR count). The monoisotopic (exact) mass is 381 g/mol. The third-order valence-corrected chi connectivity index (χ3v) is 3.73. The van der Waals surface area contributed by atoms with E-state index in [4.69, 9.17) is 10.00 Å². The molecule has 6 heteroatoms. The number of methoxy groups -OCH3 is 1. The number of pyridine rings is 1. The van der Waals surface area contributed by atoms with Gasteiger partial charge in [0.25, 0.3) is 0 Å². The van der Waals surface area contributed by atoms with Gasteiger partial charge in [-0.25, -0.2) is 0 Å². The minimum atomic E-state index is 0.531. The number of halogens is 2. The molecule has 1 aromatic carbocycles. The van der Waals surface area contributed by atoms with Crippen LogP contribution in [0.15, 0.2) is 39.5 Å². The highest BCUT2D eigenvalue weighted by atomic mass is 79.9. The lowest BCUT2D eigenvalue weighted by Gasteiger charge is -2.12. The summed E-state index contributed by atoms with van der Waals surface area (Å²) in [5, 5.41) is 12.2. The van der Waals surface area contributed by atoms with E-state index in [1.54, 1.807) is 25.6 Å². The van der Waals surface area contributed by atoms with Crippen LogP contribution in [0.5, 0.6) is 5.75 Å². The molecular weight excluding hydrogens is 374 g/mol. The lowest BCUT2D eigenvalue weighted by Crippen LogP contribution is -1.96. The number of nitrogens with zero attached hydrogens (tertiary/aromatic N) is 2. The lowest BCUT2D eigenvalue weighted by molar-refractivity contribution is 0.412. The SMILES string of the molecule is COc1cc(Nc2cnccc2C#N)c(Br)cc1Br. The quantitative estimate of drug-likeness (QED) is 0.862. The fourth-order valence-electron chi connectivity index (χ4n) is 1.52. The number of nitrogens with one attached hydrogen (secondary N) is 1. The maximum atomic E-state index is 9.05. The molecule has 0 aliphatic heterocycles. The van der Waals surface area contributed by atoms with Crippen molar-refractivity contribution in [2.45, 2.75) is 0 Å². The van der Waals surface area contributed by atoms with Gasteiger partial charge in [-0.2, -0.15) is 5.26 Å². The number of rotatable bonds is 3. The molecule has 2 aromatic rings. The molecule has 19 heavy (non-hydrogen) atoms. The molecule has 0 amide bonds. The van der Waals surface area contributed by atoms with E-state index in [0.717, 1.165) is 14.6 Å². The van der Waals surface area contributed by atoms with Crippen molar-refractivity contribution in [1.82, 2.24) is 4.98 Å². The third kappa shape index (κ3) is 3.06. The van der Waals surface area contributed by atoms with Gasteiger partial charge in [-0.05, 0) is 44.0 Å². The highest BCUT2D eigenvalue weighted by Crippen LogP contribution is 2.36. The van der Waals surface area contributed by atoms with Crippen molar-refractivity contribution in [2.75, 3.05) is 12.4 Å². The first-order chi connectivity index (χ1) is 9.15. The van der Waals surface area contributed by atoms with Crippen LogP contribution in [0.4, 0.5) is 11.4 Å². The van der Waals surface area contributed by atoms with E-state index < -0.39 is 0 Å². The molecule has 4 nitrogen and oxygen atoms in total. The van der Waals surface area contributed by atoms with E-state index in [-0.39, 0.29) is 0 Å². The van der Waals surface area contributed by atoms with Crippen molar-refractivity contribution in [3.63, 3.8) is 0 Å². The van der Waals surface area contributed by atoms with Crippen molar-refractivity contribution < 1.29 is 4.74 Å². The second-order valence-electron chi connectivity index (χ2n) is 3.62. The number of aromatic nitrogens is 1. The summed E-state index contributed by atoms with van der Waals surface area (Å²) in [4.78, 5) is 4.01. The number of ether oxygens (including phenoxy) is 1. The van der Waals surface area contributed by atoms with Crippen molar-refractivity contribution in [2.24, 2.45) is 0 Å². The van der Waals surface area contributed by atoms with E-state index in [2.05, 4.69) is 48.2 Å². The molecule has 0 aliphatic rings. The Hall–Kier alpha value is -1.58. The lowest BCUT2D eigenvalue weighted by atomic mass is 10.2. The van der Waals surface area contributed by atoms with Gasteiger partial charge in [-0.15, -0.1) is 0 Å². The predicted molar refractivity (Wildman–Crippen MR) is 80.6 cm³/mol. The molecule has 0 fully saturated rings. The van der Waals surface area contributed by atoms with Gasteiger partial charge in [0.05, 0.1) is 34.7 Å². The zero-order valence-electron chi connectivity index (χ0n) is 9.95. The average Bonchev–Trinajstić information content (AvgIpc) is 2.42. The first-order valence-corrected chi connectivity index (χ1v) is 6.88. The molecule has 1 aromatic heterocycles. The maximum Gasteiger partial charge on any atom is 0.135 e. The van der Waals surface area contributed by atoms with Gasteiger partial charge in [-0.1, -0.05) is 0 Å². The first-order valence-electron chi connectivity index (χ1n) is 5.30. The highest BCUT2D eigenvalue weighted by Gasteiger charge is 2.09. The van der Waals surface area contributed by atoms with Crippen LogP contribution in [-0.2, 0) is 0 Å². The largest absolute Gasteiger partial charge is 0.495 e. The number of hydrogen-bond donors (Lipinski definition) is 1. The molecule has 0 aliphatic carbocycles. The van der Waals surface area contributed by atoms with Crippen LogP contribution in [0.25, 0.3) is 0 Å². The number of anilines is 2. The minimum Gasteiger partial charge on any atom is -0.495 e. The molecule has 0 unspecified atom stereocenters. The second kappa shape index (κ2) is 6.04. The summed E-state index contributed by atoms with van der Waals surface area (Å²) in [6, 6.07) is 7.49. The van der Waals surface area contributed by atoms with Gasteiger partial charge in [0.15, 0.2) is 0 Å². The highest BCUT2D eigenvalue weighted by molar-refractivity contribution is 9.11. The summed E-state index contributed by atoms with van der Waals surface area (Å²) in [5.41, 5.74) is 1.98. The van der Waals surface area contributed by atoms with Crippen molar-refractivity contribution >= 4 is 43.2 Å². The van der Waals surface area contributed by atoms with Gasteiger partial charge in [0, 0.05) is 16.7 Å². The molecule has 0 spiro atoms. The van der Waals surface area contributed by atoms with Crippen LogP contribution in [0.3, 0.4) is 0 Å². The predicted octanol–water partition coefficient (Wildman–Crippen LogP) is 4.23. The Kier molecular flexibility index (Phi) is 4.40. The number of benzene rings is 1. The van der Waals surface area contributed by atoms with E-state index >= 15 is 0 Å². The Bertz CT molecular complexity index is 653. The standard InChI is InChI=1S/C13H9Br2N3O/c1-19-13-5-11(9(14)4-10(13)15)18-12-7-17-3-2-8(12)6-16/h2-5,7,18H,1H3. The first kappa shape index (κ1) is 13.8. The summed E-state index contributed by atoms with van der Waals surface area (Å²) >= 11 is 6.87. The summed E-state index contributed by atoms with van der Waals surface area (Å²) in [6.07, 6.45) is 3.19. The molecule has 0 saturated carbocycles. The molecule has 0 radical (unpaired) electrons. The Balaban J connectivity index is 2.41. The normalized spacial score (nSPS) is 9.79. The molecule has 0 atom stereocenters. The third-order valence-electron chi connectivity index (χ3n) is 2.45. The Morgan fingerprint density at radius 3 is 2.74 bits per heavy atom. The van der Waals surface area contributed by atoms with E-state index in [0.29, 0.717) is 17.0 Å². The number of nitriles is 1. The molecule has 0 saturated heterocycles. The Labute approximate surface area is 127 Å². The van der Waals surface area contributed by atoms with Crippen molar-refractivity contribution in [3.8, 4) is 11.8 Å². The Morgan fingerprint density at radius 2 is 2.05 bits per heavy atom. The summed E-state index contributed by atoms with van der Waals surface area (Å²) in [5.74, 6) is 0.702. The van der Waals surface area contributed by atoms with Gasteiger partial charge in [-0.3, -0.25) is 4.98 Å². The fraction of sp³-hybridized carbons (Fsp3) is 0.0769. The number of hydrogen-bond acceptors (Lipinski definition) is 4. The van der Waals surface area contributed by atoms with Gasteiger partial charge < -0.3 is 10.1 Å². The van der Waals surface area contributed by atoms with Crippen LogP contribution in [-0.4, -0.2) is 12.1 Å². The van der Waals surface area contributed by atoms with E-state index in [1.807, 2.05) is 12.1 Å². The summed E-state index contributed by atoms with van der Waals surface area (Å²) < 4.78 is 6.95. The van der Waals surface area contributed by atoms with Crippen molar-refractivity contribution in [1.29, 1.82) is 5.26 Å². The van der Waals surface area contributed by atoms with Gasteiger partial charge in [0.2, 0.25) is 0 Å². The Morgan fingerprint density at radius 1 is 1.26 bits per heavy atom. The summed E-state index contributed by atoms with van der Waals surface area (Å²) in [7, 11) is 1.60. The molecule has 1 heterocycles. The van der Waals surface area contributed by atoms with Crippen LogP contribution >= 0.6 is 31.9 Å². The smallest absolute Gasteiger partial charge is 0.135 e. The van der Waals surface area contributed by atoms with Crippen LogP contribution in [0, 0.1) is 11.3 Å². The molecular formula is C13H9Br2N3O. The molecule has 1 N–H and O–H groups in total. The van der Waals surface area contributed by atoms with Gasteiger partial charge >= 0.3 is 0 Å². The molecule has 96 valence electrons. The van der Waals surface area contributed by atoms with Crippen molar-refractivity contribution in [3.05, 3.63) is 45.1 Å². The van der Waals surface area contributed by atoms with Crippen LogP contribution < -0.4 is 10.1 Å². The minimum absolute atomic E-state index is 0.531.